The summed E-state index contributed by atoms with van der Waals surface area (Å²) in [4.78, 5) is 48.9. The number of hydrogen-bond acceptors (Lipinski definition) is 5. The largest absolute Gasteiger partial charge is 0.394 e. The first-order chi connectivity index (χ1) is 20.7. The Balaban J connectivity index is 1.66. The summed E-state index contributed by atoms with van der Waals surface area (Å²) in [6.45, 7) is 12.5. The summed E-state index contributed by atoms with van der Waals surface area (Å²) >= 11 is 8.32. The Morgan fingerprint density at radius 2 is 1.86 bits per heavy atom. The van der Waals surface area contributed by atoms with E-state index >= 15 is 4.79 Å². The minimum Gasteiger partial charge on any atom is -0.394 e. The number of benzene rings is 2. The molecule has 3 heterocycles. The highest BCUT2D eigenvalue weighted by molar-refractivity contribution is 8.02. The highest BCUT2D eigenvalue weighted by Gasteiger charge is 2.74. The SMILES string of the molecule is C=CCN(CCC)C(=O)[C@@H]1[C@@H]2CCC3(S2)C(C(=O)N(CC=C)c2c(C)cccc2Cl)N([C@H](CO)c2ccccc2)C(=O)[C@H]13. The molecule has 43 heavy (non-hydrogen) atoms. The van der Waals surface area contributed by atoms with Crippen molar-refractivity contribution in [1.29, 1.82) is 0 Å². The number of amides is 3. The summed E-state index contributed by atoms with van der Waals surface area (Å²) in [6.07, 6.45) is 5.52. The zero-order chi connectivity index (χ0) is 30.9. The fourth-order valence-corrected chi connectivity index (χ4v) is 9.99. The van der Waals surface area contributed by atoms with Gasteiger partial charge in [-0.2, -0.15) is 0 Å². The first kappa shape index (κ1) is 31.4. The van der Waals surface area contributed by atoms with E-state index < -0.39 is 28.7 Å². The molecular formula is C34H40ClN3O4S. The van der Waals surface area contributed by atoms with Gasteiger partial charge in [0.15, 0.2) is 0 Å². The summed E-state index contributed by atoms with van der Waals surface area (Å²) in [6, 6.07) is 13.1. The molecule has 5 rings (SSSR count). The van der Waals surface area contributed by atoms with E-state index in [4.69, 9.17) is 11.6 Å². The Kier molecular flexibility index (Phi) is 9.40. The number of rotatable bonds is 12. The maximum atomic E-state index is 15.0. The lowest BCUT2D eigenvalue weighted by Crippen LogP contribution is -2.56. The molecule has 1 N–H and O–H groups in total. The van der Waals surface area contributed by atoms with Crippen molar-refractivity contribution < 1.29 is 19.5 Å². The van der Waals surface area contributed by atoms with Gasteiger partial charge in [0.1, 0.15) is 6.04 Å². The van der Waals surface area contributed by atoms with Crippen LogP contribution in [0.15, 0.2) is 73.8 Å². The number of carbonyl (C=O) groups excluding carboxylic acids is 3. The van der Waals surface area contributed by atoms with Crippen LogP contribution in [0, 0.1) is 18.8 Å². The molecule has 6 atom stereocenters. The summed E-state index contributed by atoms with van der Waals surface area (Å²) < 4.78 is -0.817. The lowest BCUT2D eigenvalue weighted by molar-refractivity contribution is -0.145. The summed E-state index contributed by atoms with van der Waals surface area (Å²) in [5, 5.41) is 11.2. The molecule has 2 unspecified atom stereocenters. The number of para-hydroxylation sites is 1. The van der Waals surface area contributed by atoms with Gasteiger partial charge in [-0.3, -0.25) is 14.4 Å². The predicted octanol–water partition coefficient (Wildman–Crippen LogP) is 5.42. The molecule has 7 nitrogen and oxygen atoms in total. The van der Waals surface area contributed by atoms with E-state index in [1.807, 2.05) is 56.3 Å². The maximum Gasteiger partial charge on any atom is 0.251 e. The molecule has 9 heteroatoms. The van der Waals surface area contributed by atoms with Gasteiger partial charge in [0.05, 0.1) is 39.9 Å². The third-order valence-electron chi connectivity index (χ3n) is 9.14. The van der Waals surface area contributed by atoms with Gasteiger partial charge in [-0.05, 0) is 43.4 Å². The van der Waals surface area contributed by atoms with Gasteiger partial charge < -0.3 is 19.8 Å². The minimum atomic E-state index is -0.912. The van der Waals surface area contributed by atoms with Crippen LogP contribution in [-0.2, 0) is 14.4 Å². The fourth-order valence-electron chi connectivity index (χ4n) is 7.48. The van der Waals surface area contributed by atoms with Crippen molar-refractivity contribution >= 4 is 46.8 Å². The average molecular weight is 622 g/mol. The molecule has 2 aromatic rings. The summed E-state index contributed by atoms with van der Waals surface area (Å²) in [7, 11) is 0. The van der Waals surface area contributed by atoms with Crippen LogP contribution >= 0.6 is 23.4 Å². The highest BCUT2D eigenvalue weighted by Crippen LogP contribution is 2.67. The Morgan fingerprint density at radius 1 is 1.14 bits per heavy atom. The van der Waals surface area contributed by atoms with E-state index in [0.29, 0.717) is 30.2 Å². The first-order valence-electron chi connectivity index (χ1n) is 15.0. The van der Waals surface area contributed by atoms with Crippen molar-refractivity contribution in [1.82, 2.24) is 9.80 Å². The molecule has 1 spiro atoms. The molecule has 3 amide bonds. The second-order valence-electron chi connectivity index (χ2n) is 11.6. The number of fused-ring (bicyclic) bond motifs is 1. The van der Waals surface area contributed by atoms with Crippen molar-refractivity contribution in [3.63, 3.8) is 0 Å². The maximum absolute atomic E-state index is 15.0. The van der Waals surface area contributed by atoms with Gasteiger partial charge in [0.2, 0.25) is 11.8 Å². The number of carbonyl (C=O) groups is 3. The number of thioether (sulfide) groups is 1. The smallest absolute Gasteiger partial charge is 0.251 e. The van der Waals surface area contributed by atoms with Crippen molar-refractivity contribution in [2.75, 3.05) is 31.1 Å². The van der Waals surface area contributed by atoms with E-state index in [2.05, 4.69) is 13.2 Å². The summed E-state index contributed by atoms with van der Waals surface area (Å²) in [5.74, 6) is -1.82. The van der Waals surface area contributed by atoms with Crippen LogP contribution in [0.5, 0.6) is 0 Å². The first-order valence-corrected chi connectivity index (χ1v) is 16.2. The molecule has 0 saturated carbocycles. The third-order valence-corrected chi connectivity index (χ3v) is 11.4. The molecule has 3 saturated heterocycles. The second kappa shape index (κ2) is 12.9. The lowest BCUT2D eigenvalue weighted by Gasteiger charge is -2.40. The fraction of sp³-hybridized carbons (Fsp3) is 0.441. The van der Waals surface area contributed by atoms with Gasteiger partial charge in [-0.1, -0.05) is 73.1 Å². The molecule has 3 aliphatic heterocycles. The predicted molar refractivity (Wildman–Crippen MR) is 173 cm³/mol. The quantitative estimate of drug-likeness (QED) is 0.320. The number of nitrogens with zero attached hydrogens (tertiary/aromatic N) is 3. The molecular weight excluding hydrogens is 582 g/mol. The molecule has 228 valence electrons. The average Bonchev–Trinajstić information content (AvgIpc) is 3.64. The Morgan fingerprint density at radius 3 is 2.49 bits per heavy atom. The number of halogens is 1. The lowest BCUT2D eigenvalue weighted by atomic mass is 9.70. The van der Waals surface area contributed by atoms with E-state index in [1.165, 1.54) is 0 Å². The van der Waals surface area contributed by atoms with E-state index in [0.717, 1.165) is 24.0 Å². The van der Waals surface area contributed by atoms with E-state index in [1.54, 1.807) is 44.7 Å². The summed E-state index contributed by atoms with van der Waals surface area (Å²) in [5.41, 5.74) is 2.13. The Bertz CT molecular complexity index is 1380. The number of aryl methyl sites for hydroxylation is 1. The Labute approximate surface area is 263 Å². The Hall–Kier alpha value is -3.07. The number of likely N-dealkylation sites (tertiary alicyclic amines) is 1. The van der Waals surface area contributed by atoms with Crippen LogP contribution in [-0.4, -0.2) is 74.9 Å². The molecule has 2 bridgehead atoms. The second-order valence-corrected chi connectivity index (χ2v) is 13.6. The third kappa shape index (κ3) is 5.21. The van der Waals surface area contributed by atoms with Crippen molar-refractivity contribution in [2.45, 2.75) is 55.2 Å². The van der Waals surface area contributed by atoms with Crippen LogP contribution in [0.2, 0.25) is 5.02 Å². The van der Waals surface area contributed by atoms with Gasteiger partial charge in [-0.15, -0.1) is 24.9 Å². The molecule has 2 aromatic carbocycles. The number of anilines is 1. The highest BCUT2D eigenvalue weighted by atomic mass is 35.5. The number of hydrogen-bond donors (Lipinski definition) is 1. The van der Waals surface area contributed by atoms with E-state index in [9.17, 15) is 14.7 Å². The van der Waals surface area contributed by atoms with Gasteiger partial charge in [-0.25, -0.2) is 0 Å². The van der Waals surface area contributed by atoms with Crippen LogP contribution in [0.25, 0.3) is 0 Å². The molecule has 0 aliphatic carbocycles. The van der Waals surface area contributed by atoms with E-state index in [-0.39, 0.29) is 36.1 Å². The van der Waals surface area contributed by atoms with Gasteiger partial charge in [0, 0.05) is 24.9 Å². The topological polar surface area (TPSA) is 81.2 Å². The van der Waals surface area contributed by atoms with Crippen LogP contribution in [0.3, 0.4) is 0 Å². The minimum absolute atomic E-state index is 0.0580. The molecule has 3 aliphatic rings. The zero-order valence-corrected chi connectivity index (χ0v) is 26.4. The van der Waals surface area contributed by atoms with Crippen molar-refractivity contribution in [2.24, 2.45) is 11.8 Å². The van der Waals surface area contributed by atoms with Crippen LogP contribution in [0.1, 0.15) is 43.4 Å². The van der Waals surface area contributed by atoms with Gasteiger partial charge >= 0.3 is 0 Å². The number of aliphatic hydroxyl groups excluding tert-OH is 1. The zero-order valence-electron chi connectivity index (χ0n) is 24.8. The van der Waals surface area contributed by atoms with Crippen LogP contribution in [0.4, 0.5) is 5.69 Å². The molecule has 0 aromatic heterocycles. The monoisotopic (exact) mass is 621 g/mol. The van der Waals surface area contributed by atoms with Gasteiger partial charge in [0.25, 0.3) is 5.91 Å². The van der Waals surface area contributed by atoms with Crippen molar-refractivity contribution in [3.8, 4) is 0 Å². The molecule has 3 fully saturated rings. The normalized spacial score (nSPS) is 26.2. The number of aliphatic hydroxyl groups is 1. The molecule has 0 radical (unpaired) electrons. The van der Waals surface area contributed by atoms with Crippen LogP contribution < -0.4 is 4.90 Å². The van der Waals surface area contributed by atoms with Crippen molar-refractivity contribution in [3.05, 3.63) is 90.0 Å². The standard InChI is InChI=1S/C34H40ClN3O4S/c1-5-18-36(19-6-2)31(40)27-26-16-17-34(43-26)28(27)32(41)38(25(21-39)23-13-9-8-10-14-23)30(34)33(42)37(20-7-3)29-22(4)12-11-15-24(29)35/h5,7-15,25-28,30,39H,1,3,6,16-21H2,2,4H3/t25-,26+,27-,28+,30?,34?/m1/s1.